The molecule has 0 spiro atoms. The molecule has 112 valence electrons. The highest BCUT2D eigenvalue weighted by atomic mass is 16.3. The fraction of sp³-hybridized carbons (Fsp3) is 1.00. The molecule has 2 heterocycles. The molecule has 0 aromatic heterocycles. The van der Waals surface area contributed by atoms with Gasteiger partial charge in [-0.1, -0.05) is 32.6 Å². The molecule has 2 rings (SSSR count). The zero-order chi connectivity index (χ0) is 13.7. The summed E-state index contributed by atoms with van der Waals surface area (Å²) in [4.78, 5) is 2.90. The number of rotatable bonds is 8. The molecule has 4 atom stereocenters. The van der Waals surface area contributed by atoms with Gasteiger partial charge in [-0.25, -0.2) is 0 Å². The molecule has 2 nitrogen and oxygen atoms in total. The van der Waals surface area contributed by atoms with Gasteiger partial charge in [0.2, 0.25) is 0 Å². The number of nitrogens with zero attached hydrogens (tertiary/aromatic N) is 1. The molecule has 0 aliphatic carbocycles. The van der Waals surface area contributed by atoms with Crippen molar-refractivity contribution in [2.45, 2.75) is 109 Å². The Balaban J connectivity index is 1.68. The summed E-state index contributed by atoms with van der Waals surface area (Å²) in [6, 6.07) is 2.72. The van der Waals surface area contributed by atoms with Crippen LogP contribution in [0.5, 0.6) is 0 Å². The lowest BCUT2D eigenvalue weighted by Gasteiger charge is -2.30. The van der Waals surface area contributed by atoms with Crippen molar-refractivity contribution >= 4 is 0 Å². The van der Waals surface area contributed by atoms with Crippen molar-refractivity contribution in [1.82, 2.24) is 4.90 Å². The Labute approximate surface area is 119 Å². The molecule has 19 heavy (non-hydrogen) atoms. The van der Waals surface area contributed by atoms with Crippen LogP contribution in [0.1, 0.15) is 84.5 Å². The smallest absolute Gasteiger partial charge is 0.0512 e. The van der Waals surface area contributed by atoms with Gasteiger partial charge in [-0.15, -0.1) is 0 Å². The topological polar surface area (TPSA) is 23.5 Å². The summed E-state index contributed by atoms with van der Waals surface area (Å²) >= 11 is 0. The molecule has 2 aliphatic rings. The van der Waals surface area contributed by atoms with Gasteiger partial charge in [0.15, 0.2) is 0 Å². The third kappa shape index (κ3) is 4.19. The van der Waals surface area contributed by atoms with E-state index in [1.165, 1.54) is 64.2 Å². The highest BCUT2D eigenvalue weighted by Crippen LogP contribution is 2.39. The summed E-state index contributed by atoms with van der Waals surface area (Å²) in [5.74, 6) is 0. The fourth-order valence-electron chi connectivity index (χ4n) is 4.32. The maximum Gasteiger partial charge on any atom is 0.0512 e. The van der Waals surface area contributed by atoms with E-state index in [0.29, 0.717) is 0 Å². The molecule has 2 fully saturated rings. The SMILES string of the molecule is CCC[C@H]1CC[C@@H]2CC[C@@H](CCCCCC(C)O)N21. The van der Waals surface area contributed by atoms with Gasteiger partial charge in [0.25, 0.3) is 0 Å². The Bertz CT molecular complexity index is 252. The van der Waals surface area contributed by atoms with E-state index < -0.39 is 0 Å². The Morgan fingerprint density at radius 3 is 2.32 bits per heavy atom. The van der Waals surface area contributed by atoms with Crippen LogP contribution in [-0.2, 0) is 0 Å². The molecule has 0 aromatic carbocycles. The third-order valence-electron chi connectivity index (χ3n) is 5.21. The van der Waals surface area contributed by atoms with Crippen molar-refractivity contribution in [3.63, 3.8) is 0 Å². The summed E-state index contributed by atoms with van der Waals surface area (Å²) in [5.41, 5.74) is 0. The van der Waals surface area contributed by atoms with E-state index in [1.807, 2.05) is 6.92 Å². The van der Waals surface area contributed by atoms with Gasteiger partial charge in [-0.05, 0) is 51.9 Å². The van der Waals surface area contributed by atoms with Crippen LogP contribution in [0.3, 0.4) is 0 Å². The van der Waals surface area contributed by atoms with Crippen LogP contribution in [0.4, 0.5) is 0 Å². The van der Waals surface area contributed by atoms with E-state index in [4.69, 9.17) is 0 Å². The summed E-state index contributed by atoms with van der Waals surface area (Å²) < 4.78 is 0. The van der Waals surface area contributed by atoms with Crippen LogP contribution in [0.2, 0.25) is 0 Å². The molecule has 2 heteroatoms. The first kappa shape index (κ1) is 15.3. The number of aliphatic hydroxyl groups is 1. The number of unbranched alkanes of at least 4 members (excludes halogenated alkanes) is 2. The lowest BCUT2D eigenvalue weighted by Crippen LogP contribution is -2.38. The van der Waals surface area contributed by atoms with Crippen molar-refractivity contribution in [2.24, 2.45) is 0 Å². The predicted molar refractivity (Wildman–Crippen MR) is 81.3 cm³/mol. The standard InChI is InChI=1S/C17H33NO/c1-3-7-15-10-12-17-13-11-16(18(15)17)9-6-4-5-8-14(2)19/h14-17,19H,3-13H2,1-2H3/t14?,15-,16+,17+/m0/s1. The van der Waals surface area contributed by atoms with Crippen molar-refractivity contribution in [3.8, 4) is 0 Å². The maximum atomic E-state index is 9.27. The number of fused-ring (bicyclic) bond motifs is 1. The zero-order valence-corrected chi connectivity index (χ0v) is 13.0. The number of hydrogen-bond donors (Lipinski definition) is 1. The summed E-state index contributed by atoms with van der Waals surface area (Å²) in [7, 11) is 0. The largest absolute Gasteiger partial charge is 0.393 e. The highest BCUT2D eigenvalue weighted by molar-refractivity contribution is 4.96. The quantitative estimate of drug-likeness (QED) is 0.669. The van der Waals surface area contributed by atoms with E-state index >= 15 is 0 Å². The molecule has 0 amide bonds. The monoisotopic (exact) mass is 267 g/mol. The first-order valence-corrected chi connectivity index (χ1v) is 8.67. The van der Waals surface area contributed by atoms with Gasteiger partial charge in [-0.2, -0.15) is 0 Å². The second-order valence-electron chi connectivity index (χ2n) is 6.84. The molecule has 0 aromatic rings. The second kappa shape index (κ2) is 7.64. The molecule has 0 radical (unpaired) electrons. The zero-order valence-electron chi connectivity index (χ0n) is 13.0. The maximum absolute atomic E-state index is 9.27. The van der Waals surface area contributed by atoms with Crippen molar-refractivity contribution in [2.75, 3.05) is 0 Å². The minimum Gasteiger partial charge on any atom is -0.393 e. The molecule has 1 N–H and O–H groups in total. The third-order valence-corrected chi connectivity index (χ3v) is 5.21. The highest BCUT2D eigenvalue weighted by Gasteiger charge is 2.41. The van der Waals surface area contributed by atoms with Crippen molar-refractivity contribution in [1.29, 1.82) is 0 Å². The number of hydrogen-bond acceptors (Lipinski definition) is 2. The van der Waals surface area contributed by atoms with E-state index in [1.54, 1.807) is 0 Å². The van der Waals surface area contributed by atoms with E-state index in [-0.39, 0.29) is 6.10 Å². The first-order valence-electron chi connectivity index (χ1n) is 8.67. The lowest BCUT2D eigenvalue weighted by atomic mass is 10.0. The first-order chi connectivity index (χ1) is 9.22. The van der Waals surface area contributed by atoms with Crippen LogP contribution in [0, 0.1) is 0 Å². The van der Waals surface area contributed by atoms with Crippen LogP contribution >= 0.6 is 0 Å². The fourth-order valence-corrected chi connectivity index (χ4v) is 4.32. The second-order valence-corrected chi connectivity index (χ2v) is 6.84. The summed E-state index contributed by atoms with van der Waals surface area (Å²) in [5, 5.41) is 9.27. The molecule has 2 aliphatic heterocycles. The Hall–Kier alpha value is -0.0800. The van der Waals surface area contributed by atoms with Crippen LogP contribution in [0.15, 0.2) is 0 Å². The van der Waals surface area contributed by atoms with E-state index in [2.05, 4.69) is 11.8 Å². The normalized spacial score (nSPS) is 32.7. The predicted octanol–water partition coefficient (Wildman–Crippen LogP) is 4.11. The minimum atomic E-state index is -0.108. The molecule has 0 saturated carbocycles. The summed E-state index contributed by atoms with van der Waals surface area (Å²) in [6.07, 6.45) is 14.7. The van der Waals surface area contributed by atoms with Gasteiger partial charge in [0.1, 0.15) is 0 Å². The van der Waals surface area contributed by atoms with Gasteiger partial charge in [0, 0.05) is 18.1 Å². The number of aliphatic hydroxyl groups excluding tert-OH is 1. The van der Waals surface area contributed by atoms with Gasteiger partial charge in [-0.3, -0.25) is 4.90 Å². The summed E-state index contributed by atoms with van der Waals surface area (Å²) in [6.45, 7) is 4.23. The Morgan fingerprint density at radius 2 is 1.68 bits per heavy atom. The average molecular weight is 267 g/mol. The molecular weight excluding hydrogens is 234 g/mol. The van der Waals surface area contributed by atoms with Gasteiger partial charge >= 0.3 is 0 Å². The van der Waals surface area contributed by atoms with Crippen LogP contribution < -0.4 is 0 Å². The van der Waals surface area contributed by atoms with Crippen molar-refractivity contribution in [3.05, 3.63) is 0 Å². The Kier molecular flexibility index (Phi) is 6.15. The van der Waals surface area contributed by atoms with Gasteiger partial charge in [0.05, 0.1) is 6.10 Å². The molecule has 1 unspecified atom stereocenters. The molecular formula is C17H33NO. The molecule has 0 bridgehead atoms. The average Bonchev–Trinajstić information content (AvgIpc) is 2.93. The van der Waals surface area contributed by atoms with Crippen LogP contribution in [-0.4, -0.2) is 34.2 Å². The van der Waals surface area contributed by atoms with Crippen molar-refractivity contribution < 1.29 is 5.11 Å². The van der Waals surface area contributed by atoms with E-state index in [0.717, 1.165) is 24.5 Å². The lowest BCUT2D eigenvalue weighted by molar-refractivity contribution is 0.160. The van der Waals surface area contributed by atoms with Crippen LogP contribution in [0.25, 0.3) is 0 Å². The molecule has 2 saturated heterocycles. The van der Waals surface area contributed by atoms with E-state index in [9.17, 15) is 5.11 Å². The minimum absolute atomic E-state index is 0.108. The van der Waals surface area contributed by atoms with Gasteiger partial charge < -0.3 is 5.11 Å². The Morgan fingerprint density at radius 1 is 1.00 bits per heavy atom.